The Labute approximate surface area is 181 Å². The highest BCUT2D eigenvalue weighted by atomic mass is 16.3. The second-order valence-electron chi connectivity index (χ2n) is 8.29. The third-order valence-electron chi connectivity index (χ3n) is 6.04. The monoisotopic (exact) mass is 417 g/mol. The summed E-state index contributed by atoms with van der Waals surface area (Å²) in [6, 6.07) is 19.1. The summed E-state index contributed by atoms with van der Waals surface area (Å²) in [6.45, 7) is -0.0678. The van der Waals surface area contributed by atoms with Crippen molar-refractivity contribution < 1.29 is 9.90 Å². The summed E-state index contributed by atoms with van der Waals surface area (Å²) in [6.07, 6.45) is 6.52. The SMILES string of the molecule is O=C(Cn1cnccc1=O)Nc1ccc(C[C@@H]2CC[C@H]([C@H](O)c3ccccc3)C2)cc1. The molecule has 0 radical (unpaired) electrons. The zero-order valence-corrected chi connectivity index (χ0v) is 17.4. The molecule has 160 valence electrons. The Morgan fingerprint density at radius 1 is 1.10 bits per heavy atom. The van der Waals surface area contributed by atoms with Crippen molar-refractivity contribution in [3.05, 3.63) is 94.7 Å². The normalized spacial score (nSPS) is 19.1. The molecule has 2 aromatic carbocycles. The number of carbonyl (C=O) groups is 1. The van der Waals surface area contributed by atoms with E-state index in [4.69, 9.17) is 0 Å². The molecule has 0 aliphatic heterocycles. The fraction of sp³-hybridized carbons (Fsp3) is 0.320. The number of anilines is 1. The smallest absolute Gasteiger partial charge is 0.253 e. The maximum Gasteiger partial charge on any atom is 0.253 e. The third-order valence-corrected chi connectivity index (χ3v) is 6.04. The van der Waals surface area contributed by atoms with Crippen molar-refractivity contribution in [2.45, 2.75) is 38.3 Å². The zero-order chi connectivity index (χ0) is 21.6. The summed E-state index contributed by atoms with van der Waals surface area (Å²) >= 11 is 0. The molecule has 0 unspecified atom stereocenters. The molecule has 1 aliphatic carbocycles. The van der Waals surface area contributed by atoms with Gasteiger partial charge in [0.25, 0.3) is 5.56 Å². The van der Waals surface area contributed by atoms with Crippen LogP contribution in [0.5, 0.6) is 0 Å². The summed E-state index contributed by atoms with van der Waals surface area (Å²) in [7, 11) is 0. The van der Waals surface area contributed by atoms with Crippen LogP contribution in [0.15, 0.2) is 78.0 Å². The molecule has 3 atom stereocenters. The largest absolute Gasteiger partial charge is 0.388 e. The van der Waals surface area contributed by atoms with E-state index < -0.39 is 6.10 Å². The van der Waals surface area contributed by atoms with Gasteiger partial charge in [-0.15, -0.1) is 0 Å². The number of aromatic nitrogens is 2. The molecule has 0 saturated heterocycles. The summed E-state index contributed by atoms with van der Waals surface area (Å²) in [5.74, 6) is 0.597. The first kappa shape index (κ1) is 21.0. The molecule has 31 heavy (non-hydrogen) atoms. The van der Waals surface area contributed by atoms with Gasteiger partial charge in [-0.3, -0.25) is 14.2 Å². The van der Waals surface area contributed by atoms with Gasteiger partial charge in [-0.2, -0.15) is 0 Å². The van der Waals surface area contributed by atoms with Crippen LogP contribution in [0.4, 0.5) is 5.69 Å². The fourth-order valence-corrected chi connectivity index (χ4v) is 4.42. The Hall–Kier alpha value is -3.25. The fourth-order valence-electron chi connectivity index (χ4n) is 4.42. The van der Waals surface area contributed by atoms with Crippen LogP contribution < -0.4 is 10.9 Å². The van der Waals surface area contributed by atoms with Gasteiger partial charge >= 0.3 is 0 Å². The van der Waals surface area contributed by atoms with Crippen molar-refractivity contribution in [2.24, 2.45) is 11.8 Å². The van der Waals surface area contributed by atoms with Crippen LogP contribution >= 0.6 is 0 Å². The number of rotatable bonds is 7. The van der Waals surface area contributed by atoms with Crippen LogP contribution in [0.1, 0.15) is 36.5 Å². The topological polar surface area (TPSA) is 84.2 Å². The van der Waals surface area contributed by atoms with Crippen LogP contribution in [0.25, 0.3) is 0 Å². The number of aliphatic hydroxyl groups is 1. The molecule has 1 fully saturated rings. The van der Waals surface area contributed by atoms with Gasteiger partial charge in [-0.1, -0.05) is 42.5 Å². The minimum absolute atomic E-state index is 0.0678. The van der Waals surface area contributed by atoms with Gasteiger partial charge in [-0.25, -0.2) is 4.98 Å². The van der Waals surface area contributed by atoms with Crippen LogP contribution in [0.3, 0.4) is 0 Å². The van der Waals surface area contributed by atoms with Crippen LogP contribution in [-0.2, 0) is 17.8 Å². The van der Waals surface area contributed by atoms with Gasteiger partial charge in [0, 0.05) is 18.0 Å². The Kier molecular flexibility index (Phi) is 6.57. The van der Waals surface area contributed by atoms with Gasteiger partial charge in [0.2, 0.25) is 5.91 Å². The van der Waals surface area contributed by atoms with Crippen molar-refractivity contribution >= 4 is 11.6 Å². The third kappa shape index (κ3) is 5.47. The van der Waals surface area contributed by atoms with Gasteiger partial charge in [0.05, 0.1) is 12.4 Å². The molecule has 6 nitrogen and oxygen atoms in total. The number of nitrogens with one attached hydrogen (secondary N) is 1. The van der Waals surface area contributed by atoms with Crippen molar-refractivity contribution in [1.29, 1.82) is 0 Å². The molecular weight excluding hydrogens is 390 g/mol. The van der Waals surface area contributed by atoms with Gasteiger partial charge < -0.3 is 10.4 Å². The standard InChI is InChI=1S/C25H27N3O3/c29-23(16-28-17-26-13-12-24(28)30)27-22-10-7-18(8-11-22)14-19-6-9-21(15-19)25(31)20-4-2-1-3-5-20/h1-5,7-8,10-13,17,19,21,25,31H,6,9,14-16H2,(H,27,29)/t19-,21-,25+/m0/s1. The summed E-state index contributed by atoms with van der Waals surface area (Å²) in [5, 5.41) is 13.5. The van der Waals surface area contributed by atoms with Crippen molar-refractivity contribution in [1.82, 2.24) is 9.55 Å². The maximum atomic E-state index is 12.2. The van der Waals surface area contributed by atoms with E-state index in [1.54, 1.807) is 0 Å². The molecule has 1 heterocycles. The number of hydrogen-bond donors (Lipinski definition) is 2. The van der Waals surface area contributed by atoms with Crippen LogP contribution in [-0.4, -0.2) is 20.6 Å². The van der Waals surface area contributed by atoms with Crippen LogP contribution in [0.2, 0.25) is 0 Å². The van der Waals surface area contributed by atoms with Crippen molar-refractivity contribution in [3.8, 4) is 0 Å². The molecule has 1 saturated carbocycles. The predicted octanol–water partition coefficient (Wildman–Crippen LogP) is 3.57. The Bertz CT molecular complexity index is 1060. The average molecular weight is 418 g/mol. The summed E-state index contributed by atoms with van der Waals surface area (Å²) in [4.78, 5) is 27.7. The van der Waals surface area contributed by atoms with E-state index >= 15 is 0 Å². The van der Waals surface area contributed by atoms with E-state index in [9.17, 15) is 14.7 Å². The first-order valence-electron chi connectivity index (χ1n) is 10.7. The average Bonchev–Trinajstić information content (AvgIpc) is 3.25. The first-order valence-corrected chi connectivity index (χ1v) is 10.7. The lowest BCUT2D eigenvalue weighted by Crippen LogP contribution is -2.26. The number of amides is 1. The van der Waals surface area contributed by atoms with E-state index in [-0.39, 0.29) is 18.0 Å². The molecule has 1 aliphatic rings. The minimum atomic E-state index is -0.392. The Balaban J connectivity index is 1.28. The number of nitrogens with zero attached hydrogens (tertiary/aromatic N) is 2. The quantitative estimate of drug-likeness (QED) is 0.616. The van der Waals surface area contributed by atoms with Crippen molar-refractivity contribution in [3.63, 3.8) is 0 Å². The first-order chi connectivity index (χ1) is 15.1. The lowest BCUT2D eigenvalue weighted by atomic mass is 9.91. The highest BCUT2D eigenvalue weighted by Crippen LogP contribution is 2.40. The van der Waals surface area contributed by atoms with Gasteiger partial charge in [0.15, 0.2) is 0 Å². The number of aliphatic hydroxyl groups excluding tert-OH is 1. The number of carbonyl (C=O) groups excluding carboxylic acids is 1. The number of hydrogen-bond acceptors (Lipinski definition) is 4. The predicted molar refractivity (Wildman–Crippen MR) is 120 cm³/mol. The summed E-state index contributed by atoms with van der Waals surface area (Å²) < 4.78 is 1.27. The highest BCUT2D eigenvalue weighted by molar-refractivity contribution is 5.90. The second-order valence-corrected chi connectivity index (χ2v) is 8.29. The number of benzene rings is 2. The molecule has 1 aromatic heterocycles. The maximum absolute atomic E-state index is 12.2. The molecule has 0 bridgehead atoms. The van der Waals surface area contributed by atoms with Crippen LogP contribution in [0, 0.1) is 11.8 Å². The van der Waals surface area contributed by atoms with E-state index in [1.807, 2.05) is 54.6 Å². The molecule has 1 amide bonds. The molecule has 4 rings (SSSR count). The Morgan fingerprint density at radius 3 is 2.61 bits per heavy atom. The molecule has 0 spiro atoms. The molecule has 2 N–H and O–H groups in total. The molecule has 6 heteroatoms. The van der Waals surface area contributed by atoms with E-state index in [2.05, 4.69) is 10.3 Å². The highest BCUT2D eigenvalue weighted by Gasteiger charge is 2.30. The second kappa shape index (κ2) is 9.71. The molecule has 3 aromatic rings. The molecular formula is C25H27N3O3. The van der Waals surface area contributed by atoms with Gasteiger partial charge in [0.1, 0.15) is 6.54 Å². The Morgan fingerprint density at radius 2 is 1.87 bits per heavy atom. The van der Waals surface area contributed by atoms with E-state index in [1.165, 1.54) is 28.7 Å². The zero-order valence-electron chi connectivity index (χ0n) is 17.4. The summed E-state index contributed by atoms with van der Waals surface area (Å²) in [5.41, 5.74) is 2.67. The lowest BCUT2D eigenvalue weighted by molar-refractivity contribution is -0.116. The van der Waals surface area contributed by atoms with Gasteiger partial charge in [-0.05, 0) is 60.8 Å². The lowest BCUT2D eigenvalue weighted by Gasteiger charge is -2.19. The van der Waals surface area contributed by atoms with Crippen molar-refractivity contribution in [2.75, 3.05) is 5.32 Å². The van der Waals surface area contributed by atoms with E-state index in [0.717, 1.165) is 31.2 Å². The van der Waals surface area contributed by atoms with E-state index in [0.29, 0.717) is 17.5 Å². The minimum Gasteiger partial charge on any atom is -0.388 e.